The molecule has 2 N–H and O–H groups in total. The van der Waals surface area contributed by atoms with Gasteiger partial charge in [0.25, 0.3) is 5.91 Å². The summed E-state index contributed by atoms with van der Waals surface area (Å²) in [6, 6.07) is 15.0. The van der Waals surface area contributed by atoms with Gasteiger partial charge in [-0.3, -0.25) is 9.52 Å². The molecule has 0 saturated heterocycles. The first-order valence-corrected chi connectivity index (χ1v) is 9.65. The van der Waals surface area contributed by atoms with Crippen LogP contribution < -0.4 is 10.0 Å². The van der Waals surface area contributed by atoms with Crippen molar-refractivity contribution in [2.45, 2.75) is 19.8 Å². The molecule has 0 aliphatic heterocycles. The van der Waals surface area contributed by atoms with E-state index in [0.29, 0.717) is 23.4 Å². The van der Waals surface area contributed by atoms with Gasteiger partial charge >= 0.3 is 0 Å². The molecule has 0 saturated carbocycles. The van der Waals surface area contributed by atoms with Crippen LogP contribution in [-0.4, -0.2) is 27.1 Å². The molecule has 2 aromatic rings. The number of anilines is 1. The van der Waals surface area contributed by atoms with Gasteiger partial charge in [-0.15, -0.1) is 0 Å². The molecular weight excluding hydrogens is 324 g/mol. The smallest absolute Gasteiger partial charge is 0.251 e. The van der Waals surface area contributed by atoms with E-state index in [2.05, 4.69) is 22.2 Å². The summed E-state index contributed by atoms with van der Waals surface area (Å²) in [5.74, 6) is -0.155. The van der Waals surface area contributed by atoms with Crippen LogP contribution in [0.25, 0.3) is 0 Å². The fourth-order valence-electron chi connectivity index (χ4n) is 2.36. The quantitative estimate of drug-likeness (QED) is 0.757. The highest BCUT2D eigenvalue weighted by Crippen LogP contribution is 2.17. The van der Waals surface area contributed by atoms with Crippen molar-refractivity contribution in [2.75, 3.05) is 17.5 Å². The highest BCUT2D eigenvalue weighted by molar-refractivity contribution is 7.92. The summed E-state index contributed by atoms with van der Waals surface area (Å²) in [7, 11) is -3.33. The van der Waals surface area contributed by atoms with Gasteiger partial charge in [-0.1, -0.05) is 30.3 Å². The summed E-state index contributed by atoms with van der Waals surface area (Å²) in [5.41, 5.74) is 2.96. The molecule has 128 valence electrons. The van der Waals surface area contributed by atoms with Crippen molar-refractivity contribution in [1.29, 1.82) is 0 Å². The fraction of sp³-hybridized carbons (Fsp3) is 0.278. The summed E-state index contributed by atoms with van der Waals surface area (Å²) in [5, 5.41) is 2.89. The predicted octanol–water partition coefficient (Wildman–Crippen LogP) is 2.73. The van der Waals surface area contributed by atoms with Crippen molar-refractivity contribution in [3.05, 3.63) is 65.2 Å². The molecule has 0 atom stereocenters. The third-order valence-corrected chi connectivity index (χ3v) is 4.15. The number of nitrogens with one attached hydrogen (secondary N) is 2. The lowest BCUT2D eigenvalue weighted by Crippen LogP contribution is -2.25. The number of carbonyl (C=O) groups excluding carboxylic acids is 1. The average Bonchev–Trinajstić information content (AvgIpc) is 2.53. The Balaban J connectivity index is 1.87. The van der Waals surface area contributed by atoms with E-state index in [1.807, 2.05) is 18.2 Å². The molecule has 24 heavy (non-hydrogen) atoms. The topological polar surface area (TPSA) is 75.3 Å². The van der Waals surface area contributed by atoms with Crippen LogP contribution in [0.1, 0.15) is 27.9 Å². The van der Waals surface area contributed by atoms with E-state index >= 15 is 0 Å². The van der Waals surface area contributed by atoms with Crippen LogP contribution in [0, 0.1) is 6.92 Å². The van der Waals surface area contributed by atoms with Crippen LogP contribution in [0.15, 0.2) is 48.5 Å². The Hall–Kier alpha value is -2.34. The summed E-state index contributed by atoms with van der Waals surface area (Å²) in [4.78, 5) is 12.2. The normalized spacial score (nSPS) is 11.1. The van der Waals surface area contributed by atoms with E-state index in [4.69, 9.17) is 0 Å². The van der Waals surface area contributed by atoms with Gasteiger partial charge in [-0.25, -0.2) is 8.42 Å². The van der Waals surface area contributed by atoms with Gasteiger partial charge in [0.1, 0.15) is 0 Å². The number of sulfonamides is 1. The van der Waals surface area contributed by atoms with E-state index in [1.54, 1.807) is 25.1 Å². The van der Waals surface area contributed by atoms with Gasteiger partial charge in [-0.05, 0) is 49.1 Å². The Labute approximate surface area is 143 Å². The summed E-state index contributed by atoms with van der Waals surface area (Å²) in [6.07, 6.45) is 2.87. The Morgan fingerprint density at radius 3 is 2.42 bits per heavy atom. The zero-order valence-corrected chi connectivity index (χ0v) is 14.7. The number of carbonyl (C=O) groups is 1. The summed E-state index contributed by atoms with van der Waals surface area (Å²) in [6.45, 7) is 2.36. The minimum atomic E-state index is -3.33. The van der Waals surface area contributed by atoms with Gasteiger partial charge in [0.05, 0.1) is 11.9 Å². The van der Waals surface area contributed by atoms with Gasteiger partial charge in [0, 0.05) is 12.1 Å². The molecule has 5 nitrogen and oxygen atoms in total. The van der Waals surface area contributed by atoms with Crippen molar-refractivity contribution >= 4 is 21.6 Å². The molecular formula is C18H22N2O3S. The maximum Gasteiger partial charge on any atom is 0.251 e. The van der Waals surface area contributed by atoms with Gasteiger partial charge in [-0.2, -0.15) is 0 Å². The van der Waals surface area contributed by atoms with E-state index in [9.17, 15) is 13.2 Å². The maximum absolute atomic E-state index is 12.2. The highest BCUT2D eigenvalue weighted by atomic mass is 32.2. The first-order chi connectivity index (χ1) is 11.3. The predicted molar refractivity (Wildman–Crippen MR) is 96.7 cm³/mol. The molecule has 0 aliphatic carbocycles. The molecule has 0 aromatic heterocycles. The zero-order valence-electron chi connectivity index (χ0n) is 13.9. The maximum atomic E-state index is 12.2. The molecule has 6 heteroatoms. The van der Waals surface area contributed by atoms with Gasteiger partial charge < -0.3 is 5.32 Å². The highest BCUT2D eigenvalue weighted by Gasteiger charge is 2.09. The number of hydrogen-bond donors (Lipinski definition) is 2. The Morgan fingerprint density at radius 2 is 1.79 bits per heavy atom. The third-order valence-electron chi connectivity index (χ3n) is 3.55. The number of amides is 1. The molecule has 0 spiro atoms. The molecule has 0 heterocycles. The standard InChI is InChI=1S/C18H22N2O3S/c1-14-13-16(10-11-17(14)20-24(2,22)23)18(21)19-12-6-9-15-7-4-3-5-8-15/h3-5,7-8,10-11,13,20H,6,9,12H2,1-2H3,(H,19,21). The van der Waals surface area contributed by atoms with Crippen LogP contribution in [0.4, 0.5) is 5.69 Å². The second kappa shape index (κ2) is 7.97. The molecule has 0 unspecified atom stereocenters. The lowest BCUT2D eigenvalue weighted by atomic mass is 10.1. The minimum Gasteiger partial charge on any atom is -0.352 e. The number of aryl methyl sites for hydroxylation is 2. The molecule has 0 radical (unpaired) electrons. The van der Waals surface area contributed by atoms with Crippen LogP contribution >= 0.6 is 0 Å². The molecule has 0 aliphatic rings. The third kappa shape index (κ3) is 5.70. The molecule has 1 amide bonds. The van der Waals surface area contributed by atoms with Crippen LogP contribution in [0.5, 0.6) is 0 Å². The SMILES string of the molecule is Cc1cc(C(=O)NCCCc2ccccc2)ccc1NS(C)(=O)=O. The lowest BCUT2D eigenvalue weighted by Gasteiger charge is -2.10. The van der Waals surface area contributed by atoms with Crippen molar-refractivity contribution in [3.63, 3.8) is 0 Å². The van der Waals surface area contributed by atoms with Crippen molar-refractivity contribution < 1.29 is 13.2 Å². The minimum absolute atomic E-state index is 0.155. The molecule has 2 rings (SSSR count). The summed E-state index contributed by atoms with van der Waals surface area (Å²) >= 11 is 0. The Kier molecular flexibility index (Phi) is 5.98. The van der Waals surface area contributed by atoms with Crippen LogP contribution in [0.3, 0.4) is 0 Å². The largest absolute Gasteiger partial charge is 0.352 e. The number of benzene rings is 2. The van der Waals surface area contributed by atoms with Gasteiger partial charge in [0.2, 0.25) is 10.0 Å². The van der Waals surface area contributed by atoms with E-state index < -0.39 is 10.0 Å². The molecule has 2 aromatic carbocycles. The Morgan fingerprint density at radius 1 is 1.08 bits per heavy atom. The van der Waals surface area contributed by atoms with E-state index in [-0.39, 0.29) is 5.91 Å². The Bertz CT molecular complexity index is 802. The average molecular weight is 346 g/mol. The molecule has 0 bridgehead atoms. The number of hydrogen-bond acceptors (Lipinski definition) is 3. The van der Waals surface area contributed by atoms with Gasteiger partial charge in [0.15, 0.2) is 0 Å². The first-order valence-electron chi connectivity index (χ1n) is 7.76. The summed E-state index contributed by atoms with van der Waals surface area (Å²) < 4.78 is 25.0. The van der Waals surface area contributed by atoms with E-state index in [1.165, 1.54) is 5.56 Å². The van der Waals surface area contributed by atoms with Crippen molar-refractivity contribution in [2.24, 2.45) is 0 Å². The fourth-order valence-corrected chi connectivity index (χ4v) is 2.99. The first kappa shape index (κ1) is 18.0. The second-order valence-electron chi connectivity index (χ2n) is 5.75. The second-order valence-corrected chi connectivity index (χ2v) is 7.50. The monoisotopic (exact) mass is 346 g/mol. The number of rotatable bonds is 7. The zero-order chi connectivity index (χ0) is 17.6. The molecule has 0 fully saturated rings. The van der Waals surface area contributed by atoms with Crippen LogP contribution in [-0.2, 0) is 16.4 Å². The lowest BCUT2D eigenvalue weighted by molar-refractivity contribution is 0.0953. The van der Waals surface area contributed by atoms with Crippen LogP contribution in [0.2, 0.25) is 0 Å². The van der Waals surface area contributed by atoms with Crippen molar-refractivity contribution in [3.8, 4) is 0 Å². The van der Waals surface area contributed by atoms with E-state index in [0.717, 1.165) is 19.1 Å². The van der Waals surface area contributed by atoms with Crippen molar-refractivity contribution in [1.82, 2.24) is 5.32 Å².